The summed E-state index contributed by atoms with van der Waals surface area (Å²) in [6.45, 7) is 8.69. The highest BCUT2D eigenvalue weighted by Crippen LogP contribution is 2.23. The van der Waals surface area contributed by atoms with Crippen molar-refractivity contribution in [3.63, 3.8) is 0 Å². The molecule has 2 aromatic rings. The molecule has 1 heterocycles. The van der Waals surface area contributed by atoms with Crippen LogP contribution in [0.5, 0.6) is 5.75 Å². The van der Waals surface area contributed by atoms with E-state index in [1.54, 1.807) is 0 Å². The molecule has 0 unspecified atom stereocenters. The zero-order valence-electron chi connectivity index (χ0n) is 12.0. The number of ether oxygens (including phenoxy) is 1. The van der Waals surface area contributed by atoms with Crippen LogP contribution < -0.4 is 10.5 Å². The van der Waals surface area contributed by atoms with Gasteiger partial charge in [0, 0.05) is 19.0 Å². The zero-order chi connectivity index (χ0) is 13.8. The quantitative estimate of drug-likeness (QED) is 0.869. The largest absolute Gasteiger partial charge is 0.494 e. The van der Waals surface area contributed by atoms with Crippen molar-refractivity contribution < 1.29 is 4.74 Å². The van der Waals surface area contributed by atoms with Crippen molar-refractivity contribution in [2.45, 2.75) is 33.7 Å². The molecule has 104 valence electrons. The summed E-state index contributed by atoms with van der Waals surface area (Å²) in [6.07, 6.45) is 0.811. The Morgan fingerprint density at radius 3 is 2.79 bits per heavy atom. The number of imidazole rings is 1. The molecule has 2 rings (SSSR count). The normalized spacial score (nSPS) is 11.4. The smallest absolute Gasteiger partial charge is 0.121 e. The van der Waals surface area contributed by atoms with Crippen LogP contribution in [0.2, 0.25) is 0 Å². The Morgan fingerprint density at radius 2 is 2.16 bits per heavy atom. The summed E-state index contributed by atoms with van der Waals surface area (Å²) in [5, 5.41) is 0. The van der Waals surface area contributed by atoms with Gasteiger partial charge in [0.2, 0.25) is 0 Å². The summed E-state index contributed by atoms with van der Waals surface area (Å²) in [6, 6.07) is 6.11. The Morgan fingerprint density at radius 1 is 1.37 bits per heavy atom. The molecule has 0 saturated heterocycles. The van der Waals surface area contributed by atoms with E-state index in [0.717, 1.165) is 30.1 Å². The van der Waals surface area contributed by atoms with Gasteiger partial charge in [-0.1, -0.05) is 13.8 Å². The van der Waals surface area contributed by atoms with Crippen molar-refractivity contribution in [2.24, 2.45) is 11.7 Å². The molecular formula is C15H23N3O. The molecule has 0 spiro atoms. The molecule has 19 heavy (non-hydrogen) atoms. The summed E-state index contributed by atoms with van der Waals surface area (Å²) in [4.78, 5) is 4.70. The SMILES string of the molecule is CCOc1ccc2c(c1)nc(CCN)n2CC(C)C. The minimum atomic E-state index is 0.584. The van der Waals surface area contributed by atoms with Gasteiger partial charge in [-0.3, -0.25) is 0 Å². The van der Waals surface area contributed by atoms with Crippen molar-refractivity contribution in [1.82, 2.24) is 9.55 Å². The predicted octanol–water partition coefficient (Wildman–Crippen LogP) is 2.59. The molecule has 2 N–H and O–H groups in total. The number of hydrogen-bond donors (Lipinski definition) is 1. The first-order valence-corrected chi connectivity index (χ1v) is 6.97. The fraction of sp³-hybridized carbons (Fsp3) is 0.533. The van der Waals surface area contributed by atoms with Gasteiger partial charge in [-0.15, -0.1) is 0 Å². The van der Waals surface area contributed by atoms with Crippen LogP contribution in [0.4, 0.5) is 0 Å². The Kier molecular flexibility index (Phi) is 4.43. The van der Waals surface area contributed by atoms with E-state index in [1.165, 1.54) is 5.52 Å². The number of hydrogen-bond acceptors (Lipinski definition) is 3. The molecule has 4 heteroatoms. The van der Waals surface area contributed by atoms with Crippen molar-refractivity contribution in [3.8, 4) is 5.75 Å². The van der Waals surface area contributed by atoms with Gasteiger partial charge >= 0.3 is 0 Å². The van der Waals surface area contributed by atoms with Crippen molar-refractivity contribution in [2.75, 3.05) is 13.2 Å². The highest BCUT2D eigenvalue weighted by atomic mass is 16.5. The number of rotatable bonds is 6. The Hall–Kier alpha value is -1.55. The second kappa shape index (κ2) is 6.06. The number of nitrogens with two attached hydrogens (primary N) is 1. The van der Waals surface area contributed by atoms with E-state index in [-0.39, 0.29) is 0 Å². The third-order valence-corrected chi connectivity index (χ3v) is 3.03. The zero-order valence-corrected chi connectivity index (χ0v) is 12.0. The van der Waals surface area contributed by atoms with Gasteiger partial charge in [0.1, 0.15) is 11.6 Å². The first-order valence-electron chi connectivity index (χ1n) is 6.97. The lowest BCUT2D eigenvalue weighted by Gasteiger charge is -2.11. The van der Waals surface area contributed by atoms with Crippen molar-refractivity contribution >= 4 is 11.0 Å². The Bertz CT molecular complexity index is 546. The number of benzene rings is 1. The maximum Gasteiger partial charge on any atom is 0.121 e. The van der Waals surface area contributed by atoms with Crippen molar-refractivity contribution in [1.29, 1.82) is 0 Å². The molecule has 4 nitrogen and oxygen atoms in total. The standard InChI is InChI=1S/C15H23N3O/c1-4-19-12-5-6-14-13(9-12)17-15(7-8-16)18(14)10-11(2)3/h5-6,9,11H,4,7-8,10,16H2,1-3H3. The first kappa shape index (κ1) is 13.9. The lowest BCUT2D eigenvalue weighted by Crippen LogP contribution is -2.12. The summed E-state index contributed by atoms with van der Waals surface area (Å²) in [5.74, 6) is 2.53. The molecule has 0 amide bonds. The van der Waals surface area contributed by atoms with Crippen LogP contribution in [-0.4, -0.2) is 22.7 Å². The van der Waals surface area contributed by atoms with E-state index < -0.39 is 0 Å². The highest BCUT2D eigenvalue weighted by Gasteiger charge is 2.12. The number of nitrogens with zero attached hydrogens (tertiary/aromatic N) is 2. The lowest BCUT2D eigenvalue weighted by atomic mass is 10.2. The van der Waals surface area contributed by atoms with Gasteiger partial charge in [0.25, 0.3) is 0 Å². The van der Waals surface area contributed by atoms with E-state index in [2.05, 4.69) is 24.5 Å². The first-order chi connectivity index (χ1) is 9.15. The van der Waals surface area contributed by atoms with Crippen LogP contribution in [0.25, 0.3) is 11.0 Å². The summed E-state index contributed by atoms with van der Waals surface area (Å²) in [7, 11) is 0. The second-order valence-corrected chi connectivity index (χ2v) is 5.15. The third kappa shape index (κ3) is 3.07. The monoisotopic (exact) mass is 261 g/mol. The molecule has 1 aromatic carbocycles. The average molecular weight is 261 g/mol. The molecule has 0 aliphatic heterocycles. The van der Waals surface area contributed by atoms with Crippen LogP contribution in [0.15, 0.2) is 18.2 Å². The minimum absolute atomic E-state index is 0.584. The molecule has 0 fully saturated rings. The molecule has 0 radical (unpaired) electrons. The molecule has 1 aromatic heterocycles. The second-order valence-electron chi connectivity index (χ2n) is 5.15. The van der Waals surface area contributed by atoms with E-state index >= 15 is 0 Å². The van der Waals surface area contributed by atoms with Crippen LogP contribution in [0.3, 0.4) is 0 Å². The van der Waals surface area contributed by atoms with Gasteiger partial charge in [0.15, 0.2) is 0 Å². The predicted molar refractivity (Wildman–Crippen MR) is 78.5 cm³/mol. The molecule has 0 atom stereocenters. The van der Waals surface area contributed by atoms with E-state index in [1.807, 2.05) is 19.1 Å². The van der Waals surface area contributed by atoms with Crippen LogP contribution in [0, 0.1) is 5.92 Å². The van der Waals surface area contributed by atoms with Crippen LogP contribution in [0.1, 0.15) is 26.6 Å². The Labute approximate surface area is 114 Å². The fourth-order valence-corrected chi connectivity index (χ4v) is 2.30. The summed E-state index contributed by atoms with van der Waals surface area (Å²) >= 11 is 0. The van der Waals surface area contributed by atoms with Gasteiger partial charge in [-0.05, 0) is 31.5 Å². The summed E-state index contributed by atoms with van der Waals surface area (Å²) < 4.78 is 7.81. The molecular weight excluding hydrogens is 238 g/mol. The van der Waals surface area contributed by atoms with Crippen LogP contribution in [-0.2, 0) is 13.0 Å². The van der Waals surface area contributed by atoms with Gasteiger partial charge in [-0.25, -0.2) is 4.98 Å². The van der Waals surface area contributed by atoms with Gasteiger partial charge in [0.05, 0.1) is 17.6 Å². The molecule has 0 bridgehead atoms. The van der Waals surface area contributed by atoms with Crippen molar-refractivity contribution in [3.05, 3.63) is 24.0 Å². The molecule has 0 aliphatic carbocycles. The Balaban J connectivity index is 2.46. The average Bonchev–Trinajstić information content (AvgIpc) is 2.67. The van der Waals surface area contributed by atoms with Gasteiger partial charge in [-0.2, -0.15) is 0 Å². The number of fused-ring (bicyclic) bond motifs is 1. The lowest BCUT2D eigenvalue weighted by molar-refractivity contribution is 0.340. The topological polar surface area (TPSA) is 53.1 Å². The highest BCUT2D eigenvalue weighted by molar-refractivity contribution is 5.77. The maximum atomic E-state index is 5.68. The molecule has 0 aliphatic rings. The maximum absolute atomic E-state index is 5.68. The third-order valence-electron chi connectivity index (χ3n) is 3.03. The number of aromatic nitrogens is 2. The van der Waals surface area contributed by atoms with E-state index in [9.17, 15) is 0 Å². The summed E-state index contributed by atoms with van der Waals surface area (Å²) in [5.41, 5.74) is 7.84. The molecule has 0 saturated carbocycles. The van der Waals surface area contributed by atoms with Crippen LogP contribution >= 0.6 is 0 Å². The fourth-order valence-electron chi connectivity index (χ4n) is 2.30. The minimum Gasteiger partial charge on any atom is -0.494 e. The van der Waals surface area contributed by atoms with E-state index in [0.29, 0.717) is 19.1 Å². The van der Waals surface area contributed by atoms with E-state index in [4.69, 9.17) is 15.5 Å². The van der Waals surface area contributed by atoms with Gasteiger partial charge < -0.3 is 15.0 Å².